The topological polar surface area (TPSA) is 21.8 Å². The van der Waals surface area contributed by atoms with Gasteiger partial charge in [-0.2, -0.15) is 0 Å². The SMILES string of the molecule is CCOC1OC1C1(C)CCCC1. The molecule has 0 aromatic rings. The standard InChI is InChI=1S/C10H18O2/c1-3-11-9-8(12-9)10(2)6-4-5-7-10/h8-9H,3-7H2,1-2H3. The molecule has 0 radical (unpaired) electrons. The van der Waals surface area contributed by atoms with Crippen LogP contribution in [-0.2, 0) is 9.47 Å². The predicted octanol–water partition coefficient (Wildman–Crippen LogP) is 2.33. The number of hydrogen-bond acceptors (Lipinski definition) is 2. The molecule has 0 spiro atoms. The lowest BCUT2D eigenvalue weighted by molar-refractivity contribution is 0.0592. The van der Waals surface area contributed by atoms with Gasteiger partial charge in [0.05, 0.1) is 0 Å². The van der Waals surface area contributed by atoms with Crippen LogP contribution < -0.4 is 0 Å². The first-order valence-corrected chi connectivity index (χ1v) is 5.03. The molecule has 0 bridgehead atoms. The van der Waals surface area contributed by atoms with Gasteiger partial charge in [-0.1, -0.05) is 19.8 Å². The second-order valence-corrected chi connectivity index (χ2v) is 4.24. The van der Waals surface area contributed by atoms with E-state index >= 15 is 0 Å². The zero-order valence-corrected chi connectivity index (χ0v) is 8.01. The van der Waals surface area contributed by atoms with Gasteiger partial charge in [0, 0.05) is 6.61 Å². The molecule has 1 saturated heterocycles. The molecule has 12 heavy (non-hydrogen) atoms. The lowest BCUT2D eigenvalue weighted by Crippen LogP contribution is -2.21. The fourth-order valence-electron chi connectivity index (χ4n) is 2.35. The first kappa shape index (κ1) is 8.52. The normalized spacial score (nSPS) is 38.5. The molecule has 2 fully saturated rings. The minimum Gasteiger partial charge on any atom is -0.350 e. The zero-order chi connectivity index (χ0) is 8.60. The van der Waals surface area contributed by atoms with Crippen LogP contribution in [0.5, 0.6) is 0 Å². The van der Waals surface area contributed by atoms with Crippen molar-refractivity contribution in [3.63, 3.8) is 0 Å². The van der Waals surface area contributed by atoms with Crippen molar-refractivity contribution in [2.45, 2.75) is 51.9 Å². The highest BCUT2D eigenvalue weighted by atomic mass is 16.8. The molecular weight excluding hydrogens is 152 g/mol. The van der Waals surface area contributed by atoms with Gasteiger partial charge < -0.3 is 9.47 Å². The van der Waals surface area contributed by atoms with Crippen LogP contribution in [0, 0.1) is 5.41 Å². The van der Waals surface area contributed by atoms with Crippen molar-refractivity contribution in [1.29, 1.82) is 0 Å². The number of hydrogen-bond donors (Lipinski definition) is 0. The highest BCUT2D eigenvalue weighted by molar-refractivity contribution is 4.96. The fourth-order valence-corrected chi connectivity index (χ4v) is 2.35. The quantitative estimate of drug-likeness (QED) is 0.606. The summed E-state index contributed by atoms with van der Waals surface area (Å²) in [5, 5.41) is 0. The molecule has 1 aliphatic heterocycles. The van der Waals surface area contributed by atoms with Crippen molar-refractivity contribution >= 4 is 0 Å². The Morgan fingerprint density at radius 3 is 2.67 bits per heavy atom. The van der Waals surface area contributed by atoms with Crippen LogP contribution in [0.1, 0.15) is 39.5 Å². The number of ether oxygens (including phenoxy) is 2. The smallest absolute Gasteiger partial charge is 0.184 e. The number of rotatable bonds is 3. The van der Waals surface area contributed by atoms with Crippen molar-refractivity contribution in [3.05, 3.63) is 0 Å². The van der Waals surface area contributed by atoms with Gasteiger partial charge in [-0.3, -0.25) is 0 Å². The summed E-state index contributed by atoms with van der Waals surface area (Å²) >= 11 is 0. The van der Waals surface area contributed by atoms with Crippen LogP contribution in [0.3, 0.4) is 0 Å². The Morgan fingerprint density at radius 1 is 1.42 bits per heavy atom. The van der Waals surface area contributed by atoms with Crippen LogP contribution in [0.25, 0.3) is 0 Å². The second kappa shape index (κ2) is 3.00. The van der Waals surface area contributed by atoms with Gasteiger partial charge >= 0.3 is 0 Å². The van der Waals surface area contributed by atoms with Gasteiger partial charge in [0.25, 0.3) is 0 Å². The lowest BCUT2D eigenvalue weighted by Gasteiger charge is -2.19. The Bertz CT molecular complexity index is 161. The first-order valence-electron chi connectivity index (χ1n) is 5.03. The summed E-state index contributed by atoms with van der Waals surface area (Å²) in [6, 6.07) is 0. The van der Waals surface area contributed by atoms with Crippen molar-refractivity contribution in [2.75, 3.05) is 6.61 Å². The molecular formula is C10H18O2. The molecule has 2 rings (SSSR count). The summed E-state index contributed by atoms with van der Waals surface area (Å²) in [5.74, 6) is 0. The summed E-state index contributed by atoms with van der Waals surface area (Å²) in [6.45, 7) is 5.14. The Labute approximate surface area is 74.2 Å². The van der Waals surface area contributed by atoms with Crippen molar-refractivity contribution in [1.82, 2.24) is 0 Å². The van der Waals surface area contributed by atoms with E-state index in [1.807, 2.05) is 6.92 Å². The van der Waals surface area contributed by atoms with Gasteiger partial charge in [-0.05, 0) is 25.2 Å². The van der Waals surface area contributed by atoms with Crippen LogP contribution in [0.15, 0.2) is 0 Å². The van der Waals surface area contributed by atoms with Crippen molar-refractivity contribution in [2.24, 2.45) is 5.41 Å². The first-order chi connectivity index (χ1) is 5.76. The molecule has 0 N–H and O–H groups in total. The largest absolute Gasteiger partial charge is 0.350 e. The Balaban J connectivity index is 1.86. The van der Waals surface area contributed by atoms with E-state index in [0.717, 1.165) is 6.61 Å². The molecule has 70 valence electrons. The molecule has 1 heterocycles. The van der Waals surface area contributed by atoms with Crippen molar-refractivity contribution in [3.8, 4) is 0 Å². The Kier molecular flexibility index (Phi) is 2.13. The average Bonchev–Trinajstić information content (AvgIpc) is 2.69. The van der Waals surface area contributed by atoms with E-state index in [2.05, 4.69) is 6.92 Å². The molecule has 1 aliphatic carbocycles. The number of epoxide rings is 1. The molecule has 2 unspecified atom stereocenters. The van der Waals surface area contributed by atoms with E-state index in [0.29, 0.717) is 11.5 Å². The van der Waals surface area contributed by atoms with Gasteiger partial charge in [-0.15, -0.1) is 0 Å². The van der Waals surface area contributed by atoms with E-state index in [1.54, 1.807) is 0 Å². The monoisotopic (exact) mass is 170 g/mol. The maximum atomic E-state index is 5.52. The maximum Gasteiger partial charge on any atom is 0.184 e. The summed E-state index contributed by atoms with van der Waals surface area (Å²) in [7, 11) is 0. The summed E-state index contributed by atoms with van der Waals surface area (Å²) in [6.07, 6.45) is 5.91. The van der Waals surface area contributed by atoms with Crippen LogP contribution in [0.2, 0.25) is 0 Å². The summed E-state index contributed by atoms with van der Waals surface area (Å²) in [4.78, 5) is 0. The van der Waals surface area contributed by atoms with E-state index in [9.17, 15) is 0 Å². The summed E-state index contributed by atoms with van der Waals surface area (Å²) < 4.78 is 10.9. The molecule has 0 aromatic heterocycles. The third-order valence-electron chi connectivity index (χ3n) is 3.21. The molecule has 2 heteroatoms. The van der Waals surface area contributed by atoms with E-state index in [-0.39, 0.29) is 6.29 Å². The van der Waals surface area contributed by atoms with Crippen molar-refractivity contribution < 1.29 is 9.47 Å². The molecule has 1 saturated carbocycles. The minimum atomic E-state index is 0.123. The fraction of sp³-hybridized carbons (Fsp3) is 1.00. The van der Waals surface area contributed by atoms with Gasteiger partial charge in [-0.25, -0.2) is 0 Å². The van der Waals surface area contributed by atoms with Crippen LogP contribution in [-0.4, -0.2) is 19.0 Å². The highest BCUT2D eigenvalue weighted by Gasteiger charge is 2.53. The molecule has 2 aliphatic rings. The molecule has 0 aromatic carbocycles. The van der Waals surface area contributed by atoms with Gasteiger partial charge in [0.15, 0.2) is 6.29 Å². The minimum absolute atomic E-state index is 0.123. The molecule has 2 atom stereocenters. The Morgan fingerprint density at radius 2 is 2.08 bits per heavy atom. The zero-order valence-electron chi connectivity index (χ0n) is 8.01. The summed E-state index contributed by atoms with van der Waals surface area (Å²) in [5.41, 5.74) is 0.430. The maximum absolute atomic E-state index is 5.52. The van der Waals surface area contributed by atoms with E-state index in [1.165, 1.54) is 25.7 Å². The molecule has 2 nitrogen and oxygen atoms in total. The molecule has 0 amide bonds. The van der Waals surface area contributed by atoms with E-state index < -0.39 is 0 Å². The second-order valence-electron chi connectivity index (χ2n) is 4.24. The third-order valence-corrected chi connectivity index (χ3v) is 3.21. The van der Waals surface area contributed by atoms with Crippen LogP contribution >= 0.6 is 0 Å². The average molecular weight is 170 g/mol. The highest BCUT2D eigenvalue weighted by Crippen LogP contribution is 2.49. The predicted molar refractivity (Wildman–Crippen MR) is 46.9 cm³/mol. The lowest BCUT2D eigenvalue weighted by atomic mass is 9.85. The van der Waals surface area contributed by atoms with Gasteiger partial charge in [0.2, 0.25) is 0 Å². The van der Waals surface area contributed by atoms with Gasteiger partial charge in [0.1, 0.15) is 6.10 Å². The Hall–Kier alpha value is -0.0800. The van der Waals surface area contributed by atoms with E-state index in [4.69, 9.17) is 9.47 Å². The third kappa shape index (κ3) is 1.38. The van der Waals surface area contributed by atoms with Crippen LogP contribution in [0.4, 0.5) is 0 Å².